The first-order chi connectivity index (χ1) is 15.8. The van der Waals surface area contributed by atoms with Crippen LogP contribution in [0.3, 0.4) is 0 Å². The van der Waals surface area contributed by atoms with Crippen LogP contribution in [0.25, 0.3) is 5.69 Å². The Balaban J connectivity index is 1.80. The number of rotatable bonds is 5. The highest BCUT2D eigenvalue weighted by Gasteiger charge is 2.21. The molecule has 1 fully saturated rings. The molecule has 0 unspecified atom stereocenters. The second kappa shape index (κ2) is 9.85. The first-order valence-corrected chi connectivity index (χ1v) is 11.1. The number of hydrogen-bond acceptors (Lipinski definition) is 4. The summed E-state index contributed by atoms with van der Waals surface area (Å²) in [6, 6.07) is 11.5. The van der Waals surface area contributed by atoms with Crippen molar-refractivity contribution >= 4 is 17.3 Å². The molecular formula is C25H24ClF2N3O2. The van der Waals surface area contributed by atoms with E-state index < -0.39 is 11.6 Å². The van der Waals surface area contributed by atoms with Crippen LogP contribution in [0.5, 0.6) is 0 Å². The zero-order valence-electron chi connectivity index (χ0n) is 18.4. The quantitative estimate of drug-likeness (QED) is 0.391. The summed E-state index contributed by atoms with van der Waals surface area (Å²) < 4.78 is 29.7. The second-order valence-electron chi connectivity index (χ2n) is 8.20. The molecule has 0 atom stereocenters. The predicted molar refractivity (Wildman–Crippen MR) is 125 cm³/mol. The van der Waals surface area contributed by atoms with Gasteiger partial charge in [-0.3, -0.25) is 9.36 Å². The molecule has 1 saturated heterocycles. The zero-order valence-corrected chi connectivity index (χ0v) is 19.1. The summed E-state index contributed by atoms with van der Waals surface area (Å²) in [6.45, 7) is 3.59. The van der Waals surface area contributed by atoms with E-state index in [4.69, 9.17) is 16.4 Å². The van der Waals surface area contributed by atoms with Crippen LogP contribution in [0.15, 0.2) is 64.7 Å². The van der Waals surface area contributed by atoms with Crippen LogP contribution in [0.2, 0.25) is 5.02 Å². The van der Waals surface area contributed by atoms with E-state index in [2.05, 4.69) is 10.1 Å². The summed E-state index contributed by atoms with van der Waals surface area (Å²) in [5.74, 6) is -1.46. The molecule has 1 aliphatic rings. The van der Waals surface area contributed by atoms with E-state index in [0.717, 1.165) is 43.6 Å². The van der Waals surface area contributed by atoms with Crippen LogP contribution in [0.4, 0.5) is 8.78 Å². The van der Waals surface area contributed by atoms with Crippen molar-refractivity contribution in [3.8, 4) is 5.69 Å². The van der Waals surface area contributed by atoms with E-state index >= 15 is 0 Å². The minimum absolute atomic E-state index is 0.0745. The summed E-state index contributed by atoms with van der Waals surface area (Å²) in [4.78, 5) is 20.7. The molecule has 5 nitrogen and oxygen atoms in total. The Bertz CT molecular complexity index is 1230. The maximum atomic E-state index is 14.8. The van der Waals surface area contributed by atoms with Crippen LogP contribution in [-0.2, 0) is 4.84 Å². The van der Waals surface area contributed by atoms with Gasteiger partial charge in [-0.25, -0.2) is 8.78 Å². The maximum absolute atomic E-state index is 14.8. The standard InChI is InChI=1S/C25H24ClF2N3O2/c1-16-4-3-5-21(26)25(16)31-15-17(6-9-23(31)32)24(20-8-7-18(27)14-22(20)28)29-33-19-10-12-30(2)13-11-19/h3-9,14-15,19H,10-13H2,1-2H3. The first-order valence-electron chi connectivity index (χ1n) is 10.7. The summed E-state index contributed by atoms with van der Waals surface area (Å²) in [5, 5.41) is 4.71. The number of benzene rings is 2. The molecule has 4 rings (SSSR count). The van der Waals surface area contributed by atoms with Gasteiger partial charge >= 0.3 is 0 Å². The summed E-state index contributed by atoms with van der Waals surface area (Å²) in [7, 11) is 2.04. The number of likely N-dealkylation sites (tertiary alicyclic amines) is 1. The number of hydrogen-bond donors (Lipinski definition) is 0. The van der Waals surface area contributed by atoms with Gasteiger partial charge in [-0.05, 0) is 56.6 Å². The van der Waals surface area contributed by atoms with Crippen molar-refractivity contribution in [2.45, 2.75) is 25.9 Å². The Kier molecular flexibility index (Phi) is 6.91. The van der Waals surface area contributed by atoms with Crippen molar-refractivity contribution in [2.24, 2.45) is 5.16 Å². The van der Waals surface area contributed by atoms with Crippen LogP contribution in [0.1, 0.15) is 29.5 Å². The van der Waals surface area contributed by atoms with Gasteiger partial charge in [0.25, 0.3) is 5.56 Å². The molecule has 0 spiro atoms. The van der Waals surface area contributed by atoms with Crippen molar-refractivity contribution in [3.63, 3.8) is 0 Å². The van der Waals surface area contributed by atoms with Gasteiger partial charge in [0.1, 0.15) is 23.5 Å². The molecule has 2 aromatic carbocycles. The Hall–Kier alpha value is -3.03. The Labute approximate surface area is 195 Å². The van der Waals surface area contributed by atoms with E-state index in [1.165, 1.54) is 16.7 Å². The molecule has 0 aliphatic carbocycles. The van der Waals surface area contributed by atoms with E-state index in [1.54, 1.807) is 24.4 Å². The van der Waals surface area contributed by atoms with Gasteiger partial charge in [0, 0.05) is 42.5 Å². The lowest BCUT2D eigenvalue weighted by atomic mass is 10.0. The van der Waals surface area contributed by atoms with Crippen LogP contribution < -0.4 is 5.56 Å². The average molecular weight is 472 g/mol. The fraction of sp³-hybridized carbons (Fsp3) is 0.280. The van der Waals surface area contributed by atoms with Crippen molar-refractivity contribution in [1.82, 2.24) is 9.47 Å². The fourth-order valence-corrected chi connectivity index (χ4v) is 4.20. The molecule has 0 N–H and O–H groups in total. The highest BCUT2D eigenvalue weighted by molar-refractivity contribution is 6.32. The maximum Gasteiger partial charge on any atom is 0.255 e. The largest absolute Gasteiger partial charge is 0.392 e. The molecule has 3 aromatic rings. The monoisotopic (exact) mass is 471 g/mol. The van der Waals surface area contributed by atoms with Crippen molar-refractivity contribution < 1.29 is 13.6 Å². The molecule has 2 heterocycles. The second-order valence-corrected chi connectivity index (χ2v) is 8.61. The zero-order chi connectivity index (χ0) is 23.5. The van der Waals surface area contributed by atoms with Crippen LogP contribution in [0, 0.1) is 18.6 Å². The minimum Gasteiger partial charge on any atom is -0.392 e. The number of piperidine rings is 1. The summed E-state index contributed by atoms with van der Waals surface area (Å²) in [5.41, 5.74) is 1.71. The van der Waals surface area contributed by atoms with Gasteiger partial charge in [-0.15, -0.1) is 0 Å². The Morgan fingerprint density at radius 1 is 1.12 bits per heavy atom. The van der Waals surface area contributed by atoms with E-state index in [1.807, 2.05) is 20.0 Å². The number of oxime groups is 1. The SMILES string of the molecule is Cc1cccc(Cl)c1-n1cc(C(=NOC2CCN(C)CC2)c2ccc(F)cc2F)ccc1=O. The minimum atomic E-state index is -0.771. The topological polar surface area (TPSA) is 46.8 Å². The number of halogens is 3. The van der Waals surface area contributed by atoms with E-state index in [9.17, 15) is 13.6 Å². The normalized spacial score (nSPS) is 15.6. The number of para-hydroxylation sites is 1. The van der Waals surface area contributed by atoms with Gasteiger partial charge in [-0.2, -0.15) is 0 Å². The lowest BCUT2D eigenvalue weighted by Gasteiger charge is -2.27. The van der Waals surface area contributed by atoms with Crippen molar-refractivity contribution in [3.05, 3.63) is 98.4 Å². The predicted octanol–water partition coefficient (Wildman–Crippen LogP) is 4.94. The van der Waals surface area contributed by atoms with Crippen LogP contribution >= 0.6 is 11.6 Å². The average Bonchev–Trinajstić information content (AvgIpc) is 2.78. The molecule has 0 bridgehead atoms. The molecule has 8 heteroatoms. The summed E-state index contributed by atoms with van der Waals surface area (Å²) in [6.07, 6.45) is 3.02. The highest BCUT2D eigenvalue weighted by atomic mass is 35.5. The van der Waals surface area contributed by atoms with Gasteiger partial charge in [-0.1, -0.05) is 28.9 Å². The number of aryl methyl sites for hydroxylation is 1. The van der Waals surface area contributed by atoms with Gasteiger partial charge in [0.05, 0.1) is 10.7 Å². The Morgan fingerprint density at radius 3 is 2.58 bits per heavy atom. The molecule has 1 aliphatic heterocycles. The first kappa shape index (κ1) is 23.1. The lowest BCUT2D eigenvalue weighted by molar-refractivity contribution is 0.0163. The molecular weight excluding hydrogens is 448 g/mol. The van der Waals surface area contributed by atoms with Gasteiger partial charge < -0.3 is 9.74 Å². The molecule has 172 valence electrons. The molecule has 1 aromatic heterocycles. The molecule has 33 heavy (non-hydrogen) atoms. The number of pyridine rings is 1. The number of aromatic nitrogens is 1. The molecule has 0 radical (unpaired) electrons. The third-order valence-corrected chi connectivity index (χ3v) is 6.06. The van der Waals surface area contributed by atoms with Gasteiger partial charge in [0.15, 0.2) is 0 Å². The molecule has 0 saturated carbocycles. The van der Waals surface area contributed by atoms with Crippen molar-refractivity contribution in [2.75, 3.05) is 20.1 Å². The summed E-state index contributed by atoms with van der Waals surface area (Å²) >= 11 is 6.38. The van der Waals surface area contributed by atoms with E-state index in [-0.39, 0.29) is 22.9 Å². The fourth-order valence-electron chi connectivity index (χ4n) is 3.89. The number of nitrogens with zero attached hydrogens (tertiary/aromatic N) is 3. The lowest BCUT2D eigenvalue weighted by Crippen LogP contribution is -2.33. The van der Waals surface area contributed by atoms with Crippen molar-refractivity contribution in [1.29, 1.82) is 0 Å². The molecule has 0 amide bonds. The van der Waals surface area contributed by atoms with Crippen LogP contribution in [-0.4, -0.2) is 41.4 Å². The smallest absolute Gasteiger partial charge is 0.255 e. The highest BCUT2D eigenvalue weighted by Crippen LogP contribution is 2.24. The third kappa shape index (κ3) is 5.15. The van der Waals surface area contributed by atoms with E-state index in [0.29, 0.717) is 16.3 Å². The Morgan fingerprint density at radius 2 is 1.88 bits per heavy atom. The van der Waals surface area contributed by atoms with Gasteiger partial charge in [0.2, 0.25) is 0 Å². The third-order valence-electron chi connectivity index (χ3n) is 5.76.